The average Bonchev–Trinajstić information content (AvgIpc) is 2.91. The van der Waals surface area contributed by atoms with Gasteiger partial charge in [-0.1, -0.05) is 0 Å². The van der Waals surface area contributed by atoms with Crippen LogP contribution in [0.15, 0.2) is 5.51 Å². The third-order valence-electron chi connectivity index (χ3n) is 2.21. The molecule has 0 amide bonds. The van der Waals surface area contributed by atoms with E-state index in [-0.39, 0.29) is 0 Å². The second-order valence-electron chi connectivity index (χ2n) is 3.20. The Kier molecular flexibility index (Phi) is 1.14. The Morgan fingerprint density at radius 3 is 3.00 bits per heavy atom. The van der Waals surface area contributed by atoms with Crippen LogP contribution in [-0.2, 0) is 4.74 Å². The Morgan fingerprint density at radius 1 is 1.55 bits per heavy atom. The molecule has 3 rings (SSSR count). The molecule has 1 saturated carbocycles. The van der Waals surface area contributed by atoms with E-state index in [4.69, 9.17) is 4.74 Å². The Hall–Kier alpha value is -0.410. The van der Waals surface area contributed by atoms with E-state index >= 15 is 0 Å². The lowest BCUT2D eigenvalue weighted by molar-refractivity contribution is 0.417. The summed E-state index contributed by atoms with van der Waals surface area (Å²) < 4.78 is 5.24. The van der Waals surface area contributed by atoms with Crippen molar-refractivity contribution in [3.8, 4) is 0 Å². The molecule has 2 nitrogen and oxygen atoms in total. The maximum atomic E-state index is 5.24. The zero-order chi connectivity index (χ0) is 7.26. The van der Waals surface area contributed by atoms with Crippen molar-refractivity contribution in [1.82, 2.24) is 4.98 Å². The van der Waals surface area contributed by atoms with Crippen molar-refractivity contribution in [1.29, 1.82) is 0 Å². The quantitative estimate of drug-likeness (QED) is 0.630. The fourth-order valence-electron chi connectivity index (χ4n) is 1.37. The molecule has 0 spiro atoms. The first-order chi connectivity index (χ1) is 5.45. The average molecular weight is 167 g/mol. The van der Waals surface area contributed by atoms with E-state index in [0.717, 1.165) is 12.5 Å². The van der Waals surface area contributed by atoms with Gasteiger partial charge < -0.3 is 4.74 Å². The van der Waals surface area contributed by atoms with Crippen LogP contribution in [0.1, 0.15) is 35.4 Å². The van der Waals surface area contributed by atoms with Gasteiger partial charge in [0, 0.05) is 5.92 Å². The van der Waals surface area contributed by atoms with Gasteiger partial charge in [-0.15, -0.1) is 11.3 Å². The molecule has 1 aliphatic carbocycles. The highest BCUT2D eigenvalue weighted by Gasteiger charge is 2.35. The van der Waals surface area contributed by atoms with E-state index in [9.17, 15) is 0 Å². The molecule has 11 heavy (non-hydrogen) atoms. The first-order valence-electron chi connectivity index (χ1n) is 4.00. The van der Waals surface area contributed by atoms with Crippen molar-refractivity contribution in [2.75, 3.05) is 6.61 Å². The predicted octanol–water partition coefficient (Wildman–Crippen LogP) is 2.09. The highest BCUT2D eigenvalue weighted by atomic mass is 32.1. The normalized spacial score (nSPS) is 28.9. The van der Waals surface area contributed by atoms with Crippen LogP contribution in [0.5, 0.6) is 0 Å². The second-order valence-corrected chi connectivity index (χ2v) is 4.08. The number of hydrogen-bond acceptors (Lipinski definition) is 3. The van der Waals surface area contributed by atoms with Crippen LogP contribution < -0.4 is 0 Å². The summed E-state index contributed by atoms with van der Waals surface area (Å²) in [5.41, 5.74) is 3.28. The van der Waals surface area contributed by atoms with Crippen molar-refractivity contribution in [2.45, 2.75) is 24.9 Å². The molecular weight excluding hydrogens is 158 g/mol. The minimum atomic E-state index is 0.415. The van der Waals surface area contributed by atoms with E-state index in [1.165, 1.54) is 23.4 Å². The van der Waals surface area contributed by atoms with Gasteiger partial charge in [0.25, 0.3) is 0 Å². The number of rotatable bonds is 2. The number of aromatic nitrogens is 1. The van der Waals surface area contributed by atoms with E-state index < -0.39 is 0 Å². The van der Waals surface area contributed by atoms with E-state index in [0.29, 0.717) is 6.10 Å². The van der Waals surface area contributed by atoms with Crippen LogP contribution in [0.3, 0.4) is 0 Å². The maximum absolute atomic E-state index is 5.24. The van der Waals surface area contributed by atoms with Gasteiger partial charge in [-0.25, -0.2) is 4.98 Å². The van der Waals surface area contributed by atoms with Crippen molar-refractivity contribution < 1.29 is 4.74 Å². The summed E-state index contributed by atoms with van der Waals surface area (Å²) in [5, 5.41) is 0. The Balaban J connectivity index is 1.98. The predicted molar refractivity (Wildman–Crippen MR) is 42.8 cm³/mol. The summed E-state index contributed by atoms with van der Waals surface area (Å²) in [6.45, 7) is 0.919. The van der Waals surface area contributed by atoms with Gasteiger partial charge in [-0.3, -0.25) is 0 Å². The first kappa shape index (κ1) is 6.14. The molecule has 0 bridgehead atoms. The number of epoxide rings is 1. The molecule has 1 aromatic rings. The Morgan fingerprint density at radius 2 is 2.36 bits per heavy atom. The van der Waals surface area contributed by atoms with E-state index in [2.05, 4.69) is 4.98 Å². The number of ether oxygens (including phenoxy) is 1. The summed E-state index contributed by atoms with van der Waals surface area (Å²) in [6, 6.07) is 0. The summed E-state index contributed by atoms with van der Waals surface area (Å²) in [6.07, 6.45) is 3.09. The van der Waals surface area contributed by atoms with E-state index in [1.807, 2.05) is 5.51 Å². The largest absolute Gasteiger partial charge is 0.367 e. The van der Waals surface area contributed by atoms with Crippen LogP contribution in [-0.4, -0.2) is 11.6 Å². The van der Waals surface area contributed by atoms with Crippen LogP contribution in [0.2, 0.25) is 0 Å². The molecule has 1 saturated heterocycles. The van der Waals surface area contributed by atoms with Crippen molar-refractivity contribution >= 4 is 11.3 Å². The smallest absolute Gasteiger partial charge is 0.117 e. The number of nitrogens with zero attached hydrogens (tertiary/aromatic N) is 1. The highest BCUT2D eigenvalue weighted by molar-refractivity contribution is 7.09. The van der Waals surface area contributed by atoms with Gasteiger partial charge in [-0.05, 0) is 12.8 Å². The summed E-state index contributed by atoms with van der Waals surface area (Å²) in [5.74, 6) is 0.778. The van der Waals surface area contributed by atoms with E-state index in [1.54, 1.807) is 11.3 Å². The lowest BCUT2D eigenvalue weighted by Gasteiger charge is -1.93. The Labute approximate surface area is 69.2 Å². The van der Waals surface area contributed by atoms with Gasteiger partial charge in [-0.2, -0.15) is 0 Å². The van der Waals surface area contributed by atoms with Crippen LogP contribution in [0.25, 0.3) is 0 Å². The zero-order valence-corrected chi connectivity index (χ0v) is 6.93. The number of thiazole rings is 1. The molecular formula is C8H9NOS. The molecule has 0 radical (unpaired) electrons. The molecule has 2 aliphatic rings. The van der Waals surface area contributed by atoms with Gasteiger partial charge in [0.05, 0.1) is 22.7 Å². The summed E-state index contributed by atoms with van der Waals surface area (Å²) in [4.78, 5) is 5.77. The second kappa shape index (κ2) is 2.05. The third-order valence-corrected chi connectivity index (χ3v) is 3.15. The maximum Gasteiger partial charge on any atom is 0.117 e. The minimum Gasteiger partial charge on any atom is -0.367 e. The molecule has 3 heteroatoms. The van der Waals surface area contributed by atoms with Crippen LogP contribution in [0, 0.1) is 0 Å². The monoisotopic (exact) mass is 167 g/mol. The first-order valence-corrected chi connectivity index (χ1v) is 4.88. The van der Waals surface area contributed by atoms with Crippen molar-refractivity contribution in [3.63, 3.8) is 0 Å². The fraction of sp³-hybridized carbons (Fsp3) is 0.625. The van der Waals surface area contributed by atoms with Crippen LogP contribution in [0.4, 0.5) is 0 Å². The molecule has 1 unspecified atom stereocenters. The summed E-state index contributed by atoms with van der Waals surface area (Å²) in [7, 11) is 0. The summed E-state index contributed by atoms with van der Waals surface area (Å²) >= 11 is 1.75. The Bertz CT molecular complexity index is 249. The standard InChI is InChI=1S/C8H9NOS/c1-2-5(1)7-8(6-3-10-6)11-4-9-7/h4-6H,1-3H2. The SMILES string of the molecule is c1nc(C2CC2)c(C2CO2)s1. The zero-order valence-electron chi connectivity index (χ0n) is 6.12. The lowest BCUT2D eigenvalue weighted by Crippen LogP contribution is -1.85. The van der Waals surface area contributed by atoms with Crippen LogP contribution >= 0.6 is 11.3 Å². The minimum absolute atomic E-state index is 0.415. The fourth-order valence-corrected chi connectivity index (χ4v) is 2.28. The molecule has 2 fully saturated rings. The molecule has 1 aliphatic heterocycles. The molecule has 2 heterocycles. The van der Waals surface area contributed by atoms with Crippen molar-refractivity contribution in [3.05, 3.63) is 16.1 Å². The van der Waals surface area contributed by atoms with Gasteiger partial charge in [0.1, 0.15) is 6.10 Å². The number of hydrogen-bond donors (Lipinski definition) is 0. The van der Waals surface area contributed by atoms with Gasteiger partial charge in [0.2, 0.25) is 0 Å². The van der Waals surface area contributed by atoms with Gasteiger partial charge >= 0.3 is 0 Å². The highest BCUT2D eigenvalue weighted by Crippen LogP contribution is 2.46. The molecule has 0 aromatic carbocycles. The lowest BCUT2D eigenvalue weighted by atomic mass is 10.2. The molecule has 1 aromatic heterocycles. The molecule has 0 N–H and O–H groups in total. The third kappa shape index (κ3) is 0.993. The van der Waals surface area contributed by atoms with Crippen molar-refractivity contribution in [2.24, 2.45) is 0 Å². The topological polar surface area (TPSA) is 25.4 Å². The van der Waals surface area contributed by atoms with Gasteiger partial charge in [0.15, 0.2) is 0 Å². The molecule has 58 valence electrons. The molecule has 1 atom stereocenters.